The molecule has 2 aromatic heterocycles. The fourth-order valence-corrected chi connectivity index (χ4v) is 4.50. The lowest BCUT2D eigenvalue weighted by Gasteiger charge is -2.10. The first-order chi connectivity index (χ1) is 16.1. The summed E-state index contributed by atoms with van der Waals surface area (Å²) < 4.78 is 8.26. The number of rotatable bonds is 6. The highest BCUT2D eigenvalue weighted by Crippen LogP contribution is 2.40. The van der Waals surface area contributed by atoms with Crippen molar-refractivity contribution >= 4 is 27.8 Å². The maximum atomic E-state index is 13.7. The number of nitrogens with one attached hydrogen (secondary N) is 1. The maximum Gasteiger partial charge on any atom is 0.262 e. The summed E-state index contributed by atoms with van der Waals surface area (Å²) in [6.07, 6.45) is 0. The third-order valence-corrected chi connectivity index (χ3v) is 6.28. The largest absolute Gasteiger partial charge is 0.439 e. The topological polar surface area (TPSA) is 47.2 Å². The molecule has 0 saturated heterocycles. The minimum atomic E-state index is -0.0225. The minimum Gasteiger partial charge on any atom is -0.439 e. The lowest BCUT2D eigenvalue weighted by atomic mass is 9.98. The van der Waals surface area contributed by atoms with Crippen LogP contribution in [-0.2, 0) is 13.1 Å². The number of furan rings is 1. The number of hydrogen-bond donors (Lipinski definition) is 1. The number of anilines is 1. The van der Waals surface area contributed by atoms with Crippen LogP contribution in [0.3, 0.4) is 0 Å². The Labute approximate surface area is 193 Å². The van der Waals surface area contributed by atoms with Crippen molar-refractivity contribution < 1.29 is 4.42 Å². The number of hydrogen-bond acceptors (Lipinski definition) is 3. The first-order valence-corrected chi connectivity index (χ1v) is 11.5. The quantitative estimate of drug-likeness (QED) is 0.307. The van der Waals surface area contributed by atoms with Crippen molar-refractivity contribution in [2.45, 2.75) is 39.8 Å². The summed E-state index contributed by atoms with van der Waals surface area (Å²) in [5, 5.41) is 5.04. The fraction of sp³-hybridized carbons (Fsp3) is 0.207. The molecule has 166 valence electrons. The molecule has 0 atom stereocenters. The number of benzene rings is 3. The summed E-state index contributed by atoms with van der Waals surface area (Å²) in [5.41, 5.74) is 5.72. The predicted octanol–water partition coefficient (Wildman–Crippen LogP) is 7.17. The second-order valence-electron chi connectivity index (χ2n) is 8.69. The second kappa shape index (κ2) is 8.62. The van der Waals surface area contributed by atoms with E-state index in [2.05, 4.69) is 55.6 Å². The molecule has 3 aromatic carbocycles. The number of para-hydroxylation sites is 1. The van der Waals surface area contributed by atoms with Crippen LogP contribution < -0.4 is 10.9 Å². The van der Waals surface area contributed by atoms with Crippen molar-refractivity contribution in [2.24, 2.45) is 0 Å². The van der Waals surface area contributed by atoms with E-state index in [0.717, 1.165) is 27.6 Å². The van der Waals surface area contributed by atoms with Gasteiger partial charge in [-0.1, -0.05) is 80.6 Å². The maximum absolute atomic E-state index is 13.7. The van der Waals surface area contributed by atoms with Gasteiger partial charge in [0.1, 0.15) is 0 Å². The molecule has 0 amide bonds. The zero-order valence-electron chi connectivity index (χ0n) is 19.3. The van der Waals surface area contributed by atoms with Crippen LogP contribution in [0.4, 0.5) is 5.88 Å². The lowest BCUT2D eigenvalue weighted by molar-refractivity contribution is 0.629. The van der Waals surface area contributed by atoms with E-state index >= 15 is 0 Å². The molecular formula is C29H28N2O2. The van der Waals surface area contributed by atoms with E-state index in [1.807, 2.05) is 54.0 Å². The summed E-state index contributed by atoms with van der Waals surface area (Å²) in [6.45, 7) is 7.57. The number of fused-ring (bicyclic) bond motifs is 3. The Morgan fingerprint density at radius 1 is 0.909 bits per heavy atom. The van der Waals surface area contributed by atoms with Gasteiger partial charge in [0, 0.05) is 18.5 Å². The average Bonchev–Trinajstić information content (AvgIpc) is 3.24. The predicted molar refractivity (Wildman–Crippen MR) is 137 cm³/mol. The fourth-order valence-electron chi connectivity index (χ4n) is 4.50. The molecule has 0 saturated carbocycles. The summed E-state index contributed by atoms with van der Waals surface area (Å²) in [7, 11) is 0. The Morgan fingerprint density at radius 3 is 2.30 bits per heavy atom. The van der Waals surface area contributed by atoms with Crippen LogP contribution in [0.25, 0.3) is 33.0 Å². The Balaban J connectivity index is 1.77. The molecule has 0 aliphatic carbocycles. The highest BCUT2D eigenvalue weighted by Gasteiger charge is 2.23. The van der Waals surface area contributed by atoms with Gasteiger partial charge in [-0.05, 0) is 41.7 Å². The molecule has 5 aromatic rings. The number of nitrogens with zero attached hydrogens (tertiary/aromatic N) is 1. The van der Waals surface area contributed by atoms with Gasteiger partial charge in [0.15, 0.2) is 5.58 Å². The van der Waals surface area contributed by atoms with Gasteiger partial charge in [-0.3, -0.25) is 4.79 Å². The average molecular weight is 437 g/mol. The van der Waals surface area contributed by atoms with E-state index in [9.17, 15) is 4.79 Å². The monoisotopic (exact) mass is 436 g/mol. The van der Waals surface area contributed by atoms with Gasteiger partial charge in [0.05, 0.1) is 16.5 Å². The van der Waals surface area contributed by atoms with Crippen molar-refractivity contribution in [3.63, 3.8) is 0 Å². The molecule has 0 unspecified atom stereocenters. The van der Waals surface area contributed by atoms with Crippen LogP contribution in [0, 0.1) is 0 Å². The van der Waals surface area contributed by atoms with Gasteiger partial charge in [-0.2, -0.15) is 0 Å². The molecule has 0 bridgehead atoms. The molecule has 2 heterocycles. The molecule has 0 aliphatic heterocycles. The van der Waals surface area contributed by atoms with Gasteiger partial charge in [0.2, 0.25) is 5.88 Å². The highest BCUT2D eigenvalue weighted by atomic mass is 16.4. The Hall–Kier alpha value is -3.79. The third-order valence-electron chi connectivity index (χ3n) is 6.28. The van der Waals surface area contributed by atoms with Crippen molar-refractivity contribution in [2.75, 3.05) is 5.32 Å². The number of aromatic nitrogens is 1. The molecule has 0 spiro atoms. The second-order valence-corrected chi connectivity index (χ2v) is 8.69. The molecule has 0 aliphatic rings. The van der Waals surface area contributed by atoms with Gasteiger partial charge in [0.25, 0.3) is 5.56 Å². The molecular weight excluding hydrogens is 408 g/mol. The van der Waals surface area contributed by atoms with E-state index in [4.69, 9.17) is 4.42 Å². The van der Waals surface area contributed by atoms with E-state index in [1.54, 1.807) is 0 Å². The van der Waals surface area contributed by atoms with Crippen LogP contribution in [0.5, 0.6) is 0 Å². The van der Waals surface area contributed by atoms with Crippen LogP contribution in [0.1, 0.15) is 37.8 Å². The number of aryl methyl sites for hydroxylation is 1. The molecule has 0 fully saturated rings. The van der Waals surface area contributed by atoms with E-state index in [1.165, 1.54) is 5.56 Å². The molecule has 33 heavy (non-hydrogen) atoms. The first kappa shape index (κ1) is 21.1. The lowest BCUT2D eigenvalue weighted by Crippen LogP contribution is -2.19. The van der Waals surface area contributed by atoms with Crippen LogP contribution >= 0.6 is 0 Å². The molecule has 4 nitrogen and oxygen atoms in total. The van der Waals surface area contributed by atoms with Crippen LogP contribution in [0.15, 0.2) is 88.1 Å². The molecule has 0 radical (unpaired) electrons. The Bertz CT molecular complexity index is 1480. The third kappa shape index (κ3) is 3.72. The van der Waals surface area contributed by atoms with Crippen molar-refractivity contribution in [1.29, 1.82) is 0 Å². The van der Waals surface area contributed by atoms with Gasteiger partial charge in [-0.25, -0.2) is 0 Å². The highest BCUT2D eigenvalue weighted by molar-refractivity contribution is 6.10. The normalized spacial score (nSPS) is 11.5. The molecule has 4 heteroatoms. The van der Waals surface area contributed by atoms with E-state index < -0.39 is 0 Å². The summed E-state index contributed by atoms with van der Waals surface area (Å²) >= 11 is 0. The Morgan fingerprint density at radius 2 is 1.61 bits per heavy atom. The standard InChI is InChI=1S/C29H28N2O2/c1-4-31-24-13-9-8-12-23(24)27-26(29(31)32)25(22-16-14-21(15-17-22)19(2)3)28(33-27)30-18-20-10-6-5-7-11-20/h5-17,19,30H,4,18H2,1-3H3. The summed E-state index contributed by atoms with van der Waals surface area (Å²) in [5.74, 6) is 1.07. The zero-order valence-corrected chi connectivity index (χ0v) is 19.3. The number of pyridine rings is 1. The Kier molecular flexibility index (Phi) is 5.51. The zero-order chi connectivity index (χ0) is 22.9. The first-order valence-electron chi connectivity index (χ1n) is 11.5. The summed E-state index contributed by atoms with van der Waals surface area (Å²) in [4.78, 5) is 13.7. The van der Waals surface area contributed by atoms with Crippen LogP contribution in [0.2, 0.25) is 0 Å². The van der Waals surface area contributed by atoms with E-state index in [0.29, 0.717) is 35.9 Å². The van der Waals surface area contributed by atoms with Gasteiger partial charge >= 0.3 is 0 Å². The van der Waals surface area contributed by atoms with Crippen molar-refractivity contribution in [3.8, 4) is 11.1 Å². The summed E-state index contributed by atoms with van der Waals surface area (Å²) in [6, 6.07) is 26.6. The molecule has 1 N–H and O–H groups in total. The minimum absolute atomic E-state index is 0.0225. The van der Waals surface area contributed by atoms with Crippen molar-refractivity contribution in [3.05, 3.63) is 100 Å². The van der Waals surface area contributed by atoms with E-state index in [-0.39, 0.29) is 5.56 Å². The SMILES string of the molecule is CCn1c(=O)c2c(-c3ccc(C(C)C)cc3)c(NCc3ccccc3)oc2c2ccccc21. The van der Waals surface area contributed by atoms with Gasteiger partial charge in [-0.15, -0.1) is 0 Å². The van der Waals surface area contributed by atoms with Gasteiger partial charge < -0.3 is 14.3 Å². The smallest absolute Gasteiger partial charge is 0.262 e. The van der Waals surface area contributed by atoms with Crippen molar-refractivity contribution in [1.82, 2.24) is 4.57 Å². The molecule has 5 rings (SSSR count). The van der Waals surface area contributed by atoms with Crippen LogP contribution in [-0.4, -0.2) is 4.57 Å².